The minimum absolute atomic E-state index is 0.139. The molecule has 3 amide bonds. The van der Waals surface area contributed by atoms with Gasteiger partial charge in [0, 0.05) is 30.3 Å². The molecule has 0 fully saturated rings. The second-order valence-electron chi connectivity index (χ2n) is 8.13. The van der Waals surface area contributed by atoms with Gasteiger partial charge >= 0.3 is 11.8 Å². The van der Waals surface area contributed by atoms with Crippen LogP contribution in [0.5, 0.6) is 0 Å². The summed E-state index contributed by atoms with van der Waals surface area (Å²) in [6, 6.07) is 23.7. The number of rotatable bonds is 3. The number of nitrogens with zero attached hydrogens (tertiary/aromatic N) is 2. The van der Waals surface area contributed by atoms with Gasteiger partial charge in [0.05, 0.1) is 23.7 Å². The molecule has 0 saturated carbocycles. The number of amides is 3. The Morgan fingerprint density at radius 2 is 1.34 bits per heavy atom. The molecule has 2 heterocycles. The van der Waals surface area contributed by atoms with Crippen LogP contribution in [0.4, 0.5) is 5.69 Å². The lowest BCUT2D eigenvalue weighted by atomic mass is 9.71. The quantitative estimate of drug-likeness (QED) is 0.657. The third-order valence-electron chi connectivity index (χ3n) is 6.55. The Hall–Kier alpha value is -4.08. The summed E-state index contributed by atoms with van der Waals surface area (Å²) in [5, 5.41) is 10.6. The molecule has 0 aliphatic carbocycles. The third kappa shape index (κ3) is 2.65. The fraction of sp³-hybridized carbons (Fsp3) is 0.154. The number of para-hydroxylation sites is 1. The normalized spacial score (nSPS) is 19.8. The number of fused-ring (bicyclic) bond motifs is 3. The molecule has 0 spiro atoms. The highest BCUT2D eigenvalue weighted by atomic mass is 16.2. The van der Waals surface area contributed by atoms with E-state index in [0.29, 0.717) is 33.5 Å². The van der Waals surface area contributed by atoms with Crippen LogP contribution < -0.4 is 9.80 Å². The summed E-state index contributed by atoms with van der Waals surface area (Å²) in [4.78, 5) is 40.8. The van der Waals surface area contributed by atoms with Gasteiger partial charge in [0.2, 0.25) is 0 Å². The van der Waals surface area contributed by atoms with E-state index in [1.807, 2.05) is 24.3 Å². The summed E-state index contributed by atoms with van der Waals surface area (Å²) >= 11 is 0. The van der Waals surface area contributed by atoms with Gasteiger partial charge in [0.25, 0.3) is 5.91 Å². The van der Waals surface area contributed by atoms with Crippen LogP contribution in [0.3, 0.4) is 0 Å². The van der Waals surface area contributed by atoms with Crippen molar-refractivity contribution >= 4 is 23.4 Å². The van der Waals surface area contributed by atoms with Crippen molar-refractivity contribution < 1.29 is 19.3 Å². The molecule has 6 heteroatoms. The van der Waals surface area contributed by atoms with Gasteiger partial charge in [-0.25, -0.2) is 14.5 Å². The monoisotopic (exact) mass is 422 g/mol. The van der Waals surface area contributed by atoms with Crippen LogP contribution in [0.15, 0.2) is 72.8 Å². The minimum Gasteiger partial charge on any atom is -0.311 e. The first-order valence-electron chi connectivity index (χ1n) is 10.4. The first kappa shape index (κ1) is 19.9. The lowest BCUT2D eigenvalue weighted by Crippen LogP contribution is -3.15. The first-order valence-corrected chi connectivity index (χ1v) is 10.4. The maximum absolute atomic E-state index is 13.2. The van der Waals surface area contributed by atoms with Gasteiger partial charge in [-0.05, 0) is 29.8 Å². The zero-order chi connectivity index (χ0) is 22.5. The number of carbonyl (C=O) groups excluding carboxylic acids is 3. The van der Waals surface area contributed by atoms with Crippen molar-refractivity contribution in [1.29, 1.82) is 5.26 Å². The van der Waals surface area contributed by atoms with E-state index in [1.165, 1.54) is 0 Å². The molecule has 2 aliphatic rings. The molecule has 1 unspecified atom stereocenters. The molecule has 0 bridgehead atoms. The lowest BCUT2D eigenvalue weighted by molar-refractivity contribution is -0.720. The molecule has 0 aromatic heterocycles. The lowest BCUT2D eigenvalue weighted by Gasteiger charge is -2.29. The van der Waals surface area contributed by atoms with E-state index >= 15 is 0 Å². The molecular formula is C26H20N3O3+. The van der Waals surface area contributed by atoms with Crippen molar-refractivity contribution in [3.8, 4) is 6.07 Å². The van der Waals surface area contributed by atoms with E-state index in [-0.39, 0.29) is 35.6 Å². The number of imide groups is 1. The Kier molecular flexibility index (Phi) is 4.50. The maximum Gasteiger partial charge on any atom is 0.352 e. The van der Waals surface area contributed by atoms with Gasteiger partial charge in [-0.15, -0.1) is 0 Å². The minimum atomic E-state index is -1.18. The van der Waals surface area contributed by atoms with E-state index in [4.69, 9.17) is 0 Å². The van der Waals surface area contributed by atoms with E-state index in [9.17, 15) is 19.6 Å². The number of benzene rings is 3. The van der Waals surface area contributed by atoms with Crippen LogP contribution >= 0.6 is 0 Å². The SMILES string of the molecule is CN1C(=O)c2ccccc2C(C#N)(CC[NH+]2C(=O)c3ccccc3C2=O)c2ccccc21. The Morgan fingerprint density at radius 3 is 1.97 bits per heavy atom. The highest BCUT2D eigenvalue weighted by Crippen LogP contribution is 2.44. The van der Waals surface area contributed by atoms with Crippen LogP contribution in [-0.4, -0.2) is 31.3 Å². The summed E-state index contributed by atoms with van der Waals surface area (Å²) in [7, 11) is 1.70. The highest BCUT2D eigenvalue weighted by Gasteiger charge is 2.47. The summed E-state index contributed by atoms with van der Waals surface area (Å²) in [6.07, 6.45) is 0.208. The van der Waals surface area contributed by atoms with Crippen LogP contribution in [0.25, 0.3) is 0 Å². The molecule has 3 aromatic carbocycles. The zero-order valence-corrected chi connectivity index (χ0v) is 17.5. The third-order valence-corrected chi connectivity index (χ3v) is 6.55. The summed E-state index contributed by atoms with van der Waals surface area (Å²) in [5.41, 5.74) is 2.03. The van der Waals surface area contributed by atoms with Crippen molar-refractivity contribution in [1.82, 2.24) is 0 Å². The fourth-order valence-corrected chi connectivity index (χ4v) is 4.90. The number of nitriles is 1. The van der Waals surface area contributed by atoms with E-state index in [0.717, 1.165) is 0 Å². The summed E-state index contributed by atoms with van der Waals surface area (Å²) in [5.74, 6) is -0.748. The van der Waals surface area contributed by atoms with Crippen LogP contribution in [0.2, 0.25) is 0 Å². The Balaban J connectivity index is 1.63. The number of quaternary nitrogens is 1. The zero-order valence-electron chi connectivity index (χ0n) is 17.5. The molecule has 32 heavy (non-hydrogen) atoms. The molecule has 2 aliphatic heterocycles. The molecule has 156 valence electrons. The second-order valence-corrected chi connectivity index (χ2v) is 8.13. The number of anilines is 1. The molecule has 0 saturated heterocycles. The van der Waals surface area contributed by atoms with E-state index in [2.05, 4.69) is 6.07 Å². The van der Waals surface area contributed by atoms with Crippen LogP contribution in [-0.2, 0) is 5.41 Å². The van der Waals surface area contributed by atoms with Crippen molar-refractivity contribution in [3.63, 3.8) is 0 Å². The largest absolute Gasteiger partial charge is 0.352 e. The number of hydrogen-bond donors (Lipinski definition) is 1. The average Bonchev–Trinajstić information content (AvgIpc) is 3.05. The average molecular weight is 422 g/mol. The van der Waals surface area contributed by atoms with Gasteiger partial charge in [-0.2, -0.15) is 5.26 Å². The second kappa shape index (κ2) is 7.26. The predicted molar refractivity (Wildman–Crippen MR) is 118 cm³/mol. The van der Waals surface area contributed by atoms with Crippen LogP contribution in [0, 0.1) is 11.3 Å². The molecule has 1 N–H and O–H groups in total. The fourth-order valence-electron chi connectivity index (χ4n) is 4.90. The Morgan fingerprint density at radius 1 is 0.812 bits per heavy atom. The van der Waals surface area contributed by atoms with Gasteiger partial charge in [0.15, 0.2) is 0 Å². The standard InChI is InChI=1S/C26H19N3O3/c1-28-22-13-7-6-12-21(22)26(16-27,20-11-5-4-10-19(20)23(28)30)14-15-29-24(31)17-8-2-3-9-18(17)25(29)32/h2-13H,14-15H2,1H3/p+1. The van der Waals surface area contributed by atoms with E-state index in [1.54, 1.807) is 60.5 Å². The topological polar surface area (TPSA) is 82.7 Å². The number of nitrogens with one attached hydrogen (secondary N) is 1. The maximum atomic E-state index is 13.2. The predicted octanol–water partition coefficient (Wildman–Crippen LogP) is 2.36. The number of hydrogen-bond acceptors (Lipinski definition) is 4. The Bertz CT molecular complexity index is 1300. The first-order chi connectivity index (χ1) is 15.5. The molecule has 0 radical (unpaired) electrons. The smallest absolute Gasteiger partial charge is 0.311 e. The number of carbonyl (C=O) groups is 3. The van der Waals surface area contributed by atoms with Crippen molar-refractivity contribution in [2.45, 2.75) is 11.8 Å². The van der Waals surface area contributed by atoms with Gasteiger partial charge < -0.3 is 4.90 Å². The van der Waals surface area contributed by atoms with Crippen LogP contribution in [0.1, 0.15) is 48.6 Å². The van der Waals surface area contributed by atoms with Gasteiger partial charge in [0.1, 0.15) is 5.41 Å². The highest BCUT2D eigenvalue weighted by molar-refractivity contribution is 6.11. The molecule has 1 atom stereocenters. The molecule has 3 aromatic rings. The summed E-state index contributed by atoms with van der Waals surface area (Å²) in [6.45, 7) is 0.139. The van der Waals surface area contributed by atoms with Crippen molar-refractivity contribution in [2.24, 2.45) is 0 Å². The Labute approximate surface area is 185 Å². The van der Waals surface area contributed by atoms with Crippen molar-refractivity contribution in [2.75, 3.05) is 18.5 Å². The molecule has 5 rings (SSSR count). The summed E-state index contributed by atoms with van der Waals surface area (Å²) < 4.78 is 0. The van der Waals surface area contributed by atoms with E-state index < -0.39 is 5.41 Å². The van der Waals surface area contributed by atoms with Crippen molar-refractivity contribution in [3.05, 3.63) is 101 Å². The molecular weight excluding hydrogens is 402 g/mol. The van der Waals surface area contributed by atoms with Gasteiger partial charge in [-0.3, -0.25) is 4.79 Å². The van der Waals surface area contributed by atoms with Gasteiger partial charge in [-0.1, -0.05) is 48.5 Å². The molecule has 6 nitrogen and oxygen atoms in total.